The molecule has 1 aromatic heterocycles. The van der Waals surface area contributed by atoms with Crippen LogP contribution in [0.3, 0.4) is 0 Å². The van der Waals surface area contributed by atoms with Crippen LogP contribution in [0.5, 0.6) is 0 Å². The second-order valence-corrected chi connectivity index (χ2v) is 6.99. The molecule has 1 fully saturated rings. The highest BCUT2D eigenvalue weighted by Crippen LogP contribution is 2.30. The third-order valence-corrected chi connectivity index (χ3v) is 5.08. The molecule has 1 N–H and O–H groups in total. The Morgan fingerprint density at radius 2 is 1.92 bits per heavy atom. The van der Waals surface area contributed by atoms with Gasteiger partial charge >= 0.3 is 0 Å². The molecule has 0 radical (unpaired) electrons. The fourth-order valence-corrected chi connectivity index (χ4v) is 3.92. The van der Waals surface area contributed by atoms with Gasteiger partial charge in [0.25, 0.3) is 5.24 Å². The van der Waals surface area contributed by atoms with Gasteiger partial charge in [0.15, 0.2) is 5.82 Å². The Kier molecular flexibility index (Phi) is 6.84. The number of benzene rings is 1. The molecule has 140 valence electrons. The number of hydrogen-bond acceptors (Lipinski definition) is 5. The lowest BCUT2D eigenvalue weighted by Gasteiger charge is -2.34. The van der Waals surface area contributed by atoms with Crippen LogP contribution in [0.1, 0.15) is 39.9 Å². The first kappa shape index (κ1) is 20.5. The minimum absolute atomic E-state index is 0. The summed E-state index contributed by atoms with van der Waals surface area (Å²) in [5.41, 5.74) is 4.67. The van der Waals surface area contributed by atoms with Gasteiger partial charge in [0.05, 0.1) is 0 Å². The summed E-state index contributed by atoms with van der Waals surface area (Å²) in [6.07, 6.45) is 3.71. The van der Waals surface area contributed by atoms with E-state index in [-0.39, 0.29) is 12.4 Å². The maximum atomic E-state index is 11.8. The molecule has 2 aromatic rings. The van der Waals surface area contributed by atoms with E-state index in [1.54, 1.807) is 6.20 Å². The van der Waals surface area contributed by atoms with Gasteiger partial charge in [-0.05, 0) is 74.0 Å². The van der Waals surface area contributed by atoms with Crippen LogP contribution in [0.15, 0.2) is 24.4 Å². The fourth-order valence-electron chi connectivity index (χ4n) is 3.63. The number of rotatable bonds is 4. The number of carbonyl (C=O) groups is 1. The molecule has 0 saturated carbocycles. The number of anilines is 2. The monoisotopic (exact) mass is 394 g/mol. The first-order valence-electron chi connectivity index (χ1n) is 8.57. The molecule has 2 heterocycles. The highest BCUT2D eigenvalue weighted by Gasteiger charge is 2.22. The Bertz CT molecular complexity index is 775. The van der Waals surface area contributed by atoms with E-state index >= 15 is 0 Å². The molecule has 1 aliphatic heterocycles. The summed E-state index contributed by atoms with van der Waals surface area (Å²) in [7, 11) is 0. The van der Waals surface area contributed by atoms with Gasteiger partial charge in [0.1, 0.15) is 0 Å². The van der Waals surface area contributed by atoms with Crippen LogP contribution in [0.25, 0.3) is 0 Å². The van der Waals surface area contributed by atoms with Gasteiger partial charge in [0, 0.05) is 36.6 Å². The van der Waals surface area contributed by atoms with Crippen LogP contribution in [0, 0.1) is 20.8 Å². The quantitative estimate of drug-likeness (QED) is 0.783. The molecular formula is C19H24Cl2N4O. The molecule has 0 bridgehead atoms. The van der Waals surface area contributed by atoms with Crippen LogP contribution >= 0.6 is 24.0 Å². The van der Waals surface area contributed by atoms with E-state index in [1.165, 1.54) is 0 Å². The van der Waals surface area contributed by atoms with Gasteiger partial charge in [0.2, 0.25) is 0 Å². The predicted octanol–water partition coefficient (Wildman–Crippen LogP) is 4.28. The molecule has 26 heavy (non-hydrogen) atoms. The van der Waals surface area contributed by atoms with Crippen LogP contribution in [0.2, 0.25) is 0 Å². The van der Waals surface area contributed by atoms with Crippen molar-refractivity contribution < 1.29 is 4.79 Å². The zero-order chi connectivity index (χ0) is 18.0. The molecule has 0 aliphatic carbocycles. The van der Waals surface area contributed by atoms with E-state index < -0.39 is 5.24 Å². The zero-order valence-corrected chi connectivity index (χ0v) is 16.8. The summed E-state index contributed by atoms with van der Waals surface area (Å²) < 4.78 is 0. The molecule has 0 amide bonds. The van der Waals surface area contributed by atoms with Crippen molar-refractivity contribution in [2.75, 3.05) is 23.3 Å². The number of nitrogens with zero attached hydrogens (tertiary/aromatic N) is 3. The van der Waals surface area contributed by atoms with Crippen molar-refractivity contribution in [1.29, 1.82) is 0 Å². The summed E-state index contributed by atoms with van der Waals surface area (Å²) in [6, 6.07) is 6.30. The molecule has 3 rings (SSSR count). The molecule has 7 heteroatoms. The van der Waals surface area contributed by atoms with E-state index in [2.05, 4.69) is 27.3 Å². The van der Waals surface area contributed by atoms with E-state index in [0.29, 0.717) is 11.6 Å². The number of aryl methyl sites for hydroxylation is 2. The highest BCUT2D eigenvalue weighted by atomic mass is 35.5. The molecule has 0 atom stereocenters. The summed E-state index contributed by atoms with van der Waals surface area (Å²) in [4.78, 5) is 14.0. The largest absolute Gasteiger partial charge is 0.382 e. The van der Waals surface area contributed by atoms with Gasteiger partial charge in [-0.15, -0.1) is 17.5 Å². The van der Waals surface area contributed by atoms with Crippen LogP contribution < -0.4 is 10.2 Å². The van der Waals surface area contributed by atoms with Gasteiger partial charge in [-0.25, -0.2) is 0 Å². The third kappa shape index (κ3) is 4.27. The molecule has 0 unspecified atom stereocenters. The number of nitrogens with one attached hydrogen (secondary N) is 1. The second kappa shape index (κ2) is 8.69. The van der Waals surface area contributed by atoms with E-state index in [9.17, 15) is 4.79 Å². The van der Waals surface area contributed by atoms with Gasteiger partial charge in [-0.1, -0.05) is 6.07 Å². The maximum Gasteiger partial charge on any atom is 0.253 e. The molecule has 1 aromatic carbocycles. The highest BCUT2D eigenvalue weighted by molar-refractivity contribution is 6.68. The number of piperidine rings is 1. The lowest BCUT2D eigenvalue weighted by molar-refractivity contribution is 0.108. The van der Waals surface area contributed by atoms with Crippen LogP contribution in [0.4, 0.5) is 11.5 Å². The van der Waals surface area contributed by atoms with Gasteiger partial charge < -0.3 is 10.2 Å². The van der Waals surface area contributed by atoms with E-state index in [4.69, 9.17) is 11.6 Å². The molecule has 1 aliphatic rings. The third-order valence-electron chi connectivity index (χ3n) is 4.89. The summed E-state index contributed by atoms with van der Waals surface area (Å²) in [6.45, 7) is 7.83. The van der Waals surface area contributed by atoms with E-state index in [1.807, 2.05) is 32.0 Å². The Morgan fingerprint density at radius 3 is 2.50 bits per heavy atom. The van der Waals surface area contributed by atoms with Crippen molar-refractivity contribution >= 4 is 40.8 Å². The molecular weight excluding hydrogens is 371 g/mol. The summed E-state index contributed by atoms with van der Waals surface area (Å²) in [5, 5.41) is 11.4. The normalized spacial score (nSPS) is 14.7. The minimum atomic E-state index is -0.393. The minimum Gasteiger partial charge on any atom is -0.382 e. The topological polar surface area (TPSA) is 58.1 Å². The number of hydrogen-bond donors (Lipinski definition) is 1. The standard InChI is InChI=1S/C19H23ClN4O.ClH/c1-12-11-13(2)18(14(3)17(12)19(20)25)22-15-6-9-24(10-7-15)16-5-4-8-21-23-16;/h4-5,8,11,15,22H,6-7,9-10H2,1-3H3;1H. The average molecular weight is 395 g/mol. The van der Waals surface area contributed by atoms with E-state index in [0.717, 1.165) is 54.1 Å². The predicted molar refractivity (Wildman–Crippen MR) is 109 cm³/mol. The second-order valence-electron chi connectivity index (χ2n) is 6.65. The first-order chi connectivity index (χ1) is 12.0. The fraction of sp³-hybridized carbons (Fsp3) is 0.421. The Hall–Kier alpha value is -1.85. The van der Waals surface area contributed by atoms with Crippen molar-refractivity contribution in [3.05, 3.63) is 46.6 Å². The first-order valence-corrected chi connectivity index (χ1v) is 8.95. The van der Waals surface area contributed by atoms with Gasteiger partial charge in [-0.3, -0.25) is 4.79 Å². The van der Waals surface area contributed by atoms with Crippen LogP contribution in [-0.4, -0.2) is 34.6 Å². The van der Waals surface area contributed by atoms with Crippen molar-refractivity contribution in [3.8, 4) is 0 Å². The summed E-state index contributed by atoms with van der Waals surface area (Å²) in [5.74, 6) is 0.929. The molecule has 5 nitrogen and oxygen atoms in total. The van der Waals surface area contributed by atoms with Crippen molar-refractivity contribution in [2.45, 2.75) is 39.7 Å². The lowest BCUT2D eigenvalue weighted by Crippen LogP contribution is -2.39. The van der Waals surface area contributed by atoms with Crippen LogP contribution in [-0.2, 0) is 0 Å². The SMILES string of the molecule is Cc1cc(C)c(C(=O)Cl)c(C)c1NC1CCN(c2cccnn2)CC1.Cl. The lowest BCUT2D eigenvalue weighted by atomic mass is 9.96. The van der Waals surface area contributed by atoms with Crippen molar-refractivity contribution in [1.82, 2.24) is 10.2 Å². The molecule has 1 saturated heterocycles. The Morgan fingerprint density at radius 1 is 1.23 bits per heavy atom. The molecule has 0 spiro atoms. The maximum absolute atomic E-state index is 11.8. The Balaban J connectivity index is 0.00000243. The Labute approximate surface area is 165 Å². The number of carbonyl (C=O) groups excluding carboxylic acids is 1. The average Bonchev–Trinajstić information content (AvgIpc) is 2.59. The van der Waals surface area contributed by atoms with Gasteiger partial charge in [-0.2, -0.15) is 5.10 Å². The smallest absolute Gasteiger partial charge is 0.253 e. The summed E-state index contributed by atoms with van der Waals surface area (Å²) >= 11 is 5.78. The number of halogens is 2. The van der Waals surface area contributed by atoms with Crippen molar-refractivity contribution in [3.63, 3.8) is 0 Å². The zero-order valence-electron chi connectivity index (χ0n) is 15.3. The number of aromatic nitrogens is 2. The van der Waals surface area contributed by atoms with Crippen molar-refractivity contribution in [2.24, 2.45) is 0 Å².